The predicted molar refractivity (Wildman–Crippen MR) is 213 cm³/mol. The molecule has 2 aromatic heterocycles. The molecule has 4 aliphatic heterocycles. The van der Waals surface area contributed by atoms with Gasteiger partial charge in [-0.25, -0.2) is 18.2 Å². The first-order valence-corrected chi connectivity index (χ1v) is 22.3. The van der Waals surface area contributed by atoms with E-state index in [4.69, 9.17) is 24.4 Å². The topological polar surface area (TPSA) is 83.8 Å². The summed E-state index contributed by atoms with van der Waals surface area (Å²) in [5, 5.41) is 12.5. The van der Waals surface area contributed by atoms with Gasteiger partial charge in [0.2, 0.25) is 0 Å². The number of rotatable bonds is 7. The molecule has 8 nitrogen and oxygen atoms in total. The van der Waals surface area contributed by atoms with E-state index >= 15 is 8.78 Å². The number of anilines is 1. The smallest absolute Gasteiger partial charge is 0.319 e. The first-order chi connectivity index (χ1) is 26.3. The summed E-state index contributed by atoms with van der Waals surface area (Å²) >= 11 is 0. The highest BCUT2D eigenvalue weighted by molar-refractivity contribution is 6.90. The largest absolute Gasteiger partial charge is 0.508 e. The number of alkyl halides is 1. The summed E-state index contributed by atoms with van der Waals surface area (Å²) in [5.74, 6) is 2.53. The lowest BCUT2D eigenvalue weighted by Gasteiger charge is -2.38. The van der Waals surface area contributed by atoms with Crippen LogP contribution in [-0.2, 0) is 11.2 Å². The molecule has 0 radical (unpaired) electrons. The van der Waals surface area contributed by atoms with Gasteiger partial charge in [-0.1, -0.05) is 53.5 Å². The molecule has 1 N–H and O–H groups in total. The summed E-state index contributed by atoms with van der Waals surface area (Å²) in [7, 11) is -2.29. The third kappa shape index (κ3) is 6.44. The Kier molecular flexibility index (Phi) is 10.0. The van der Waals surface area contributed by atoms with Gasteiger partial charge in [0.05, 0.1) is 28.8 Å². The molecule has 3 saturated heterocycles. The minimum atomic E-state index is -2.29. The van der Waals surface area contributed by atoms with E-state index in [0.717, 1.165) is 32.2 Å². The van der Waals surface area contributed by atoms with E-state index in [2.05, 4.69) is 62.8 Å². The summed E-state index contributed by atoms with van der Waals surface area (Å²) in [6.07, 6.45) is 3.27. The Morgan fingerprint density at radius 3 is 2.55 bits per heavy atom. The zero-order valence-electron chi connectivity index (χ0n) is 32.8. The summed E-state index contributed by atoms with van der Waals surface area (Å²) in [6.45, 7) is 16.3. The van der Waals surface area contributed by atoms with E-state index in [1.54, 1.807) is 12.1 Å². The van der Waals surface area contributed by atoms with Crippen LogP contribution in [0.4, 0.5) is 19.0 Å². The number of aromatic nitrogens is 3. The second-order valence-corrected chi connectivity index (χ2v) is 22.7. The summed E-state index contributed by atoms with van der Waals surface area (Å²) < 4.78 is 60.6. The Morgan fingerprint density at radius 2 is 1.78 bits per heavy atom. The van der Waals surface area contributed by atoms with Gasteiger partial charge in [-0.2, -0.15) is 9.97 Å². The average molecular weight is 772 g/mol. The number of nitrogens with zero attached hydrogens (tertiary/aromatic N) is 5. The molecular formula is C43H52F3N5O3Si. The lowest BCUT2D eigenvalue weighted by Crippen LogP contribution is -2.43. The van der Waals surface area contributed by atoms with Gasteiger partial charge in [-0.3, -0.25) is 4.90 Å². The Morgan fingerprint density at radius 1 is 1.00 bits per heavy atom. The van der Waals surface area contributed by atoms with Crippen molar-refractivity contribution < 1.29 is 27.8 Å². The molecule has 0 bridgehead atoms. The van der Waals surface area contributed by atoms with Gasteiger partial charge in [-0.15, -0.1) is 5.54 Å². The number of phenols is 1. The zero-order valence-corrected chi connectivity index (χ0v) is 33.8. The summed E-state index contributed by atoms with van der Waals surface area (Å²) in [5.41, 5.74) is 5.23. The number of fused-ring (bicyclic) bond motifs is 4. The van der Waals surface area contributed by atoms with E-state index in [1.807, 2.05) is 0 Å². The van der Waals surface area contributed by atoms with Crippen molar-refractivity contribution in [3.63, 3.8) is 0 Å². The highest BCUT2D eigenvalue weighted by Crippen LogP contribution is 2.45. The number of hydrogen-bond acceptors (Lipinski definition) is 8. The molecule has 12 heteroatoms. The number of benzene rings is 2. The minimum absolute atomic E-state index is 0.0228. The molecular weight excluding hydrogens is 720 g/mol. The number of phenolic OH excluding ortho intramolecular Hbond substituents is 1. The fourth-order valence-electron chi connectivity index (χ4n) is 10.5. The molecule has 3 fully saturated rings. The molecule has 4 aliphatic rings. The molecule has 292 valence electrons. The number of hydrogen-bond donors (Lipinski definition) is 1. The van der Waals surface area contributed by atoms with Crippen LogP contribution in [0.2, 0.25) is 16.6 Å². The van der Waals surface area contributed by atoms with Gasteiger partial charge >= 0.3 is 6.01 Å². The Balaban J connectivity index is 1.34. The minimum Gasteiger partial charge on any atom is -0.508 e. The Bertz CT molecular complexity index is 2180. The number of aryl methyl sites for hydroxylation is 1. The maximum Gasteiger partial charge on any atom is 0.319 e. The van der Waals surface area contributed by atoms with Crippen molar-refractivity contribution in [3.8, 4) is 34.5 Å². The molecule has 2 aromatic carbocycles. The van der Waals surface area contributed by atoms with Crippen LogP contribution in [0.25, 0.3) is 32.9 Å². The normalized spacial score (nSPS) is 22.9. The van der Waals surface area contributed by atoms with Gasteiger partial charge in [0.1, 0.15) is 49.4 Å². The van der Waals surface area contributed by atoms with Crippen molar-refractivity contribution in [2.75, 3.05) is 44.4 Å². The average Bonchev–Trinajstić information content (AvgIpc) is 3.49. The van der Waals surface area contributed by atoms with Crippen LogP contribution >= 0.6 is 0 Å². The molecule has 55 heavy (non-hydrogen) atoms. The van der Waals surface area contributed by atoms with Crippen molar-refractivity contribution in [1.82, 2.24) is 19.9 Å². The van der Waals surface area contributed by atoms with Gasteiger partial charge in [0, 0.05) is 43.1 Å². The molecule has 0 aliphatic carbocycles. The Labute approximate surface area is 322 Å². The molecule has 6 heterocycles. The van der Waals surface area contributed by atoms with Crippen LogP contribution in [0.3, 0.4) is 0 Å². The van der Waals surface area contributed by atoms with E-state index in [-0.39, 0.29) is 46.7 Å². The monoisotopic (exact) mass is 771 g/mol. The summed E-state index contributed by atoms with van der Waals surface area (Å²) in [6, 6.07) is 6.07. The molecule has 8 rings (SSSR count). The Hall–Kier alpha value is -3.92. The maximum atomic E-state index is 17.6. The summed E-state index contributed by atoms with van der Waals surface area (Å²) in [4.78, 5) is 19.0. The van der Waals surface area contributed by atoms with E-state index in [9.17, 15) is 9.50 Å². The van der Waals surface area contributed by atoms with Crippen LogP contribution in [-0.4, -0.2) is 90.2 Å². The van der Waals surface area contributed by atoms with E-state index in [1.165, 1.54) is 12.1 Å². The zero-order chi connectivity index (χ0) is 38.8. The highest BCUT2D eigenvalue weighted by Gasteiger charge is 2.49. The molecule has 4 aromatic rings. The van der Waals surface area contributed by atoms with Crippen molar-refractivity contribution in [3.05, 3.63) is 47.2 Å². The maximum absolute atomic E-state index is 17.6. The standard InChI is InChI=1S/C43H52F3N5O3Si/c1-25(2)55(26(3)4,27(5)6)19-13-32-34(45)10-8-28-20-31(52)21-33(36(28)32)39-38(46)40-37-35(47-39)11-9-30-12-17-53-18-16-51(30)41(37)49-42(48-40)54-24-43-14-7-15-50(43)23-29(44)22-43/h8,10,20-21,25-27,29-30,52H,7,9,11-12,14-18,22-24H2,1-6H3/t29-,30?,43+/m1/s1. The predicted octanol–water partition coefficient (Wildman–Crippen LogP) is 8.90. The van der Waals surface area contributed by atoms with Crippen LogP contribution < -0.4 is 9.64 Å². The number of pyridine rings is 1. The third-order valence-electron chi connectivity index (χ3n) is 13.1. The van der Waals surface area contributed by atoms with Crippen molar-refractivity contribution in [2.24, 2.45) is 0 Å². The first-order valence-electron chi connectivity index (χ1n) is 20.1. The fraction of sp³-hybridized carbons (Fsp3) is 0.558. The molecule has 1 unspecified atom stereocenters. The van der Waals surface area contributed by atoms with Gasteiger partial charge < -0.3 is 19.5 Å². The SMILES string of the molecule is CC(C)[Si](C#Cc1c(F)ccc2cc(O)cc(-c3nc4c5c(nc(OC[C@@]67CCCN6C[C@H](F)C7)nc5c3F)N3CCOCCC3CC4)c12)(C(C)C)C(C)C. The van der Waals surface area contributed by atoms with Crippen molar-refractivity contribution in [2.45, 2.75) is 114 Å². The van der Waals surface area contributed by atoms with Crippen LogP contribution in [0.5, 0.6) is 11.8 Å². The van der Waals surface area contributed by atoms with Crippen LogP contribution in [0.1, 0.15) is 84.9 Å². The van der Waals surface area contributed by atoms with Gasteiger partial charge in [0.25, 0.3) is 0 Å². The molecule has 3 atom stereocenters. The third-order valence-corrected chi connectivity index (χ3v) is 19.4. The van der Waals surface area contributed by atoms with Crippen LogP contribution in [0, 0.1) is 23.1 Å². The van der Waals surface area contributed by atoms with Crippen molar-refractivity contribution in [1.29, 1.82) is 0 Å². The lowest BCUT2D eigenvalue weighted by atomic mass is 9.95. The fourth-order valence-corrected chi connectivity index (χ4v) is 15.7. The first kappa shape index (κ1) is 38.0. The lowest BCUT2D eigenvalue weighted by molar-refractivity contribution is 0.107. The van der Waals surface area contributed by atoms with Crippen LogP contribution in [0.15, 0.2) is 24.3 Å². The van der Waals surface area contributed by atoms with Crippen molar-refractivity contribution >= 4 is 35.6 Å². The van der Waals surface area contributed by atoms with E-state index in [0.29, 0.717) is 83.4 Å². The molecule has 0 amide bonds. The second kappa shape index (κ2) is 14.5. The second-order valence-electron chi connectivity index (χ2n) is 17.1. The van der Waals surface area contributed by atoms with E-state index < -0.39 is 31.4 Å². The number of aromatic hydroxyl groups is 1. The molecule has 0 spiro atoms. The van der Waals surface area contributed by atoms with Gasteiger partial charge in [-0.05, 0) is 78.9 Å². The highest BCUT2D eigenvalue weighted by atomic mass is 28.3. The quantitative estimate of drug-likeness (QED) is 0.147. The van der Waals surface area contributed by atoms with Gasteiger partial charge in [0.15, 0.2) is 5.82 Å². The number of ether oxygens (including phenoxy) is 2. The number of halogens is 3. The molecule has 0 saturated carbocycles.